The SMILES string of the molecule is Cc1ccc(C(N)C2(C)CCCCC2)c(C)c1. The molecule has 0 saturated heterocycles. The van der Waals surface area contributed by atoms with Gasteiger partial charge in [-0.25, -0.2) is 0 Å². The summed E-state index contributed by atoms with van der Waals surface area (Å²) in [6.07, 6.45) is 6.63. The van der Waals surface area contributed by atoms with E-state index in [1.54, 1.807) is 0 Å². The summed E-state index contributed by atoms with van der Waals surface area (Å²) in [4.78, 5) is 0. The summed E-state index contributed by atoms with van der Waals surface area (Å²) in [5.74, 6) is 0. The van der Waals surface area contributed by atoms with E-state index in [1.165, 1.54) is 48.8 Å². The molecule has 0 bridgehead atoms. The smallest absolute Gasteiger partial charge is 0.0352 e. The standard InChI is InChI=1S/C16H25N/c1-12-7-8-14(13(2)11-12)15(17)16(3)9-5-4-6-10-16/h7-8,11,15H,4-6,9-10,17H2,1-3H3. The third kappa shape index (κ3) is 2.55. The van der Waals surface area contributed by atoms with Gasteiger partial charge in [-0.3, -0.25) is 0 Å². The minimum atomic E-state index is 0.198. The molecule has 1 aromatic rings. The van der Waals surface area contributed by atoms with Crippen LogP contribution in [0.3, 0.4) is 0 Å². The molecule has 1 fully saturated rings. The number of benzene rings is 1. The monoisotopic (exact) mass is 231 g/mol. The Morgan fingerprint density at radius 1 is 1.12 bits per heavy atom. The van der Waals surface area contributed by atoms with Crippen LogP contribution in [0.5, 0.6) is 0 Å². The molecule has 94 valence electrons. The Bertz CT molecular complexity index is 389. The van der Waals surface area contributed by atoms with E-state index >= 15 is 0 Å². The van der Waals surface area contributed by atoms with Crippen molar-refractivity contribution >= 4 is 0 Å². The first-order chi connectivity index (χ1) is 8.03. The second kappa shape index (κ2) is 4.81. The maximum absolute atomic E-state index is 6.55. The molecule has 1 heteroatoms. The zero-order valence-corrected chi connectivity index (χ0v) is 11.4. The lowest BCUT2D eigenvalue weighted by molar-refractivity contribution is 0.170. The Hall–Kier alpha value is -0.820. The molecule has 0 aromatic heterocycles. The second-order valence-corrected chi connectivity index (χ2v) is 6.05. The highest BCUT2D eigenvalue weighted by atomic mass is 14.7. The van der Waals surface area contributed by atoms with Gasteiger partial charge in [-0.05, 0) is 43.2 Å². The molecule has 17 heavy (non-hydrogen) atoms. The van der Waals surface area contributed by atoms with E-state index in [0.29, 0.717) is 5.41 Å². The lowest BCUT2D eigenvalue weighted by Gasteiger charge is -2.39. The van der Waals surface area contributed by atoms with Crippen LogP contribution < -0.4 is 5.73 Å². The number of hydrogen-bond donors (Lipinski definition) is 1. The van der Waals surface area contributed by atoms with Gasteiger partial charge in [0.25, 0.3) is 0 Å². The first-order valence-electron chi connectivity index (χ1n) is 6.86. The predicted octanol–water partition coefficient (Wildman–Crippen LogP) is 4.27. The van der Waals surface area contributed by atoms with Gasteiger partial charge in [0.05, 0.1) is 0 Å². The molecule has 2 N–H and O–H groups in total. The summed E-state index contributed by atoms with van der Waals surface area (Å²) in [7, 11) is 0. The van der Waals surface area contributed by atoms with Gasteiger partial charge in [-0.15, -0.1) is 0 Å². The highest BCUT2D eigenvalue weighted by Crippen LogP contribution is 2.44. The average Bonchev–Trinajstić information content (AvgIpc) is 2.29. The summed E-state index contributed by atoms with van der Waals surface area (Å²) in [6.45, 7) is 6.70. The Balaban J connectivity index is 2.26. The molecule has 2 rings (SSSR count). The molecule has 0 amide bonds. The lowest BCUT2D eigenvalue weighted by atomic mass is 9.68. The number of nitrogens with two attached hydrogens (primary N) is 1. The van der Waals surface area contributed by atoms with E-state index in [4.69, 9.17) is 5.73 Å². The average molecular weight is 231 g/mol. The van der Waals surface area contributed by atoms with Crippen LogP contribution in [-0.2, 0) is 0 Å². The summed E-state index contributed by atoms with van der Waals surface area (Å²) in [5.41, 5.74) is 10.9. The van der Waals surface area contributed by atoms with E-state index in [1.807, 2.05) is 0 Å². The number of aryl methyl sites for hydroxylation is 2. The van der Waals surface area contributed by atoms with Crippen molar-refractivity contribution in [2.45, 2.75) is 58.9 Å². The third-order valence-electron chi connectivity index (χ3n) is 4.51. The zero-order chi connectivity index (χ0) is 12.5. The molecule has 0 spiro atoms. The van der Waals surface area contributed by atoms with Crippen molar-refractivity contribution in [2.75, 3.05) is 0 Å². The quantitative estimate of drug-likeness (QED) is 0.808. The Labute approximate surface area is 105 Å². The van der Waals surface area contributed by atoms with E-state index in [0.717, 1.165) is 0 Å². The van der Waals surface area contributed by atoms with Crippen LogP contribution in [-0.4, -0.2) is 0 Å². The summed E-state index contributed by atoms with van der Waals surface area (Å²) in [5, 5.41) is 0. The van der Waals surface area contributed by atoms with Crippen LogP contribution in [0.2, 0.25) is 0 Å². The molecule has 1 atom stereocenters. The van der Waals surface area contributed by atoms with Gasteiger partial charge < -0.3 is 5.73 Å². The molecule has 1 aliphatic rings. The van der Waals surface area contributed by atoms with Gasteiger partial charge in [0.2, 0.25) is 0 Å². The van der Waals surface area contributed by atoms with Crippen molar-refractivity contribution in [3.8, 4) is 0 Å². The third-order valence-corrected chi connectivity index (χ3v) is 4.51. The molecular formula is C16H25N. The zero-order valence-electron chi connectivity index (χ0n) is 11.4. The minimum Gasteiger partial charge on any atom is -0.323 e. The maximum Gasteiger partial charge on any atom is 0.0352 e. The highest BCUT2D eigenvalue weighted by molar-refractivity contribution is 5.33. The van der Waals surface area contributed by atoms with Gasteiger partial charge in [0, 0.05) is 6.04 Å². The van der Waals surface area contributed by atoms with E-state index < -0.39 is 0 Å². The van der Waals surface area contributed by atoms with Gasteiger partial charge in [-0.2, -0.15) is 0 Å². The van der Waals surface area contributed by atoms with Crippen molar-refractivity contribution < 1.29 is 0 Å². The summed E-state index contributed by atoms with van der Waals surface area (Å²) >= 11 is 0. The maximum atomic E-state index is 6.55. The number of hydrogen-bond acceptors (Lipinski definition) is 1. The molecule has 1 saturated carbocycles. The first kappa shape index (κ1) is 12.6. The molecule has 0 radical (unpaired) electrons. The fraction of sp³-hybridized carbons (Fsp3) is 0.625. The van der Waals surface area contributed by atoms with Crippen molar-refractivity contribution in [2.24, 2.45) is 11.1 Å². The van der Waals surface area contributed by atoms with Gasteiger partial charge >= 0.3 is 0 Å². The van der Waals surface area contributed by atoms with Crippen LogP contribution in [0.15, 0.2) is 18.2 Å². The fourth-order valence-electron chi connectivity index (χ4n) is 3.22. The van der Waals surface area contributed by atoms with Crippen LogP contribution in [0.1, 0.15) is 61.8 Å². The molecule has 1 aromatic carbocycles. The highest BCUT2D eigenvalue weighted by Gasteiger charge is 2.34. The largest absolute Gasteiger partial charge is 0.323 e. The summed E-state index contributed by atoms with van der Waals surface area (Å²) < 4.78 is 0. The fourth-order valence-corrected chi connectivity index (χ4v) is 3.22. The van der Waals surface area contributed by atoms with Gasteiger partial charge in [0.1, 0.15) is 0 Å². The summed E-state index contributed by atoms with van der Waals surface area (Å²) in [6, 6.07) is 6.87. The molecule has 1 nitrogen and oxygen atoms in total. The van der Waals surface area contributed by atoms with Crippen LogP contribution in [0.25, 0.3) is 0 Å². The lowest BCUT2D eigenvalue weighted by Crippen LogP contribution is -2.34. The Morgan fingerprint density at radius 2 is 1.76 bits per heavy atom. The molecule has 0 aliphatic heterocycles. The Kier molecular flexibility index (Phi) is 3.58. The van der Waals surface area contributed by atoms with Crippen LogP contribution in [0, 0.1) is 19.3 Å². The van der Waals surface area contributed by atoms with Crippen molar-refractivity contribution in [1.29, 1.82) is 0 Å². The van der Waals surface area contributed by atoms with Crippen molar-refractivity contribution in [3.63, 3.8) is 0 Å². The van der Waals surface area contributed by atoms with Crippen molar-refractivity contribution in [3.05, 3.63) is 34.9 Å². The molecule has 1 aliphatic carbocycles. The first-order valence-corrected chi connectivity index (χ1v) is 6.86. The molecular weight excluding hydrogens is 206 g/mol. The van der Waals surface area contributed by atoms with E-state index in [-0.39, 0.29) is 6.04 Å². The van der Waals surface area contributed by atoms with Crippen LogP contribution in [0.4, 0.5) is 0 Å². The Morgan fingerprint density at radius 3 is 2.35 bits per heavy atom. The topological polar surface area (TPSA) is 26.0 Å². The minimum absolute atomic E-state index is 0.198. The predicted molar refractivity (Wildman–Crippen MR) is 74.0 cm³/mol. The molecule has 0 heterocycles. The van der Waals surface area contributed by atoms with E-state index in [2.05, 4.69) is 39.0 Å². The molecule has 1 unspecified atom stereocenters. The second-order valence-electron chi connectivity index (χ2n) is 6.05. The van der Waals surface area contributed by atoms with Crippen LogP contribution >= 0.6 is 0 Å². The van der Waals surface area contributed by atoms with Gasteiger partial charge in [0.15, 0.2) is 0 Å². The number of rotatable bonds is 2. The normalized spacial score (nSPS) is 21.2. The van der Waals surface area contributed by atoms with Gasteiger partial charge in [-0.1, -0.05) is 49.9 Å². The van der Waals surface area contributed by atoms with E-state index in [9.17, 15) is 0 Å². The van der Waals surface area contributed by atoms with Crippen molar-refractivity contribution in [1.82, 2.24) is 0 Å².